The van der Waals surface area contributed by atoms with E-state index >= 15 is 0 Å². The van der Waals surface area contributed by atoms with Crippen LogP contribution in [0.1, 0.15) is 35.1 Å². The van der Waals surface area contributed by atoms with E-state index in [0.29, 0.717) is 17.5 Å². The van der Waals surface area contributed by atoms with Gasteiger partial charge in [0.15, 0.2) is 0 Å². The number of carbonyl (C=O) groups is 1. The van der Waals surface area contributed by atoms with Gasteiger partial charge in [0.05, 0.1) is 16.4 Å². The van der Waals surface area contributed by atoms with Crippen molar-refractivity contribution in [3.8, 4) is 11.1 Å². The molecule has 33 heavy (non-hydrogen) atoms. The molecule has 5 rings (SSSR count). The Morgan fingerprint density at radius 3 is 2.48 bits per heavy atom. The summed E-state index contributed by atoms with van der Waals surface area (Å²) in [7, 11) is 0. The zero-order valence-corrected chi connectivity index (χ0v) is 20.0. The minimum atomic E-state index is -0.131. The molecule has 0 saturated carbocycles. The predicted octanol–water partition coefficient (Wildman–Crippen LogP) is 6.53. The lowest BCUT2D eigenvalue weighted by Gasteiger charge is -2.34. The van der Waals surface area contributed by atoms with Crippen molar-refractivity contribution < 1.29 is 4.79 Å². The quantitative estimate of drug-likeness (QED) is 0.466. The Hall–Kier alpha value is -2.82. The standard InChI is InChI=1S/C28H30ClN3O/c1-18-6-3-4-8-22(18)23-15-21(14-20-10-12-30-13-11-20)16-26-24(23)17-31-28(33)32(26)27-19(2)7-5-9-25(27)29/h3-9,15-16,20,30H,10-14,17H2,1-2H3,(H,31,33). The molecule has 0 atom stereocenters. The number of aryl methyl sites for hydroxylation is 2. The molecule has 2 amide bonds. The van der Waals surface area contributed by atoms with E-state index in [0.717, 1.165) is 42.0 Å². The van der Waals surface area contributed by atoms with Gasteiger partial charge in [-0.15, -0.1) is 0 Å². The number of nitrogens with zero attached hydrogens (tertiary/aromatic N) is 1. The van der Waals surface area contributed by atoms with Gasteiger partial charge < -0.3 is 10.6 Å². The van der Waals surface area contributed by atoms with E-state index in [1.807, 2.05) is 25.1 Å². The smallest absolute Gasteiger partial charge is 0.326 e. The summed E-state index contributed by atoms with van der Waals surface area (Å²) < 4.78 is 0. The molecule has 5 heteroatoms. The summed E-state index contributed by atoms with van der Waals surface area (Å²) in [5.74, 6) is 0.655. The van der Waals surface area contributed by atoms with Gasteiger partial charge in [-0.1, -0.05) is 54.1 Å². The first-order valence-corrected chi connectivity index (χ1v) is 12.2. The average Bonchev–Trinajstić information content (AvgIpc) is 2.81. The molecular formula is C28H30ClN3O. The Kier molecular flexibility index (Phi) is 6.13. The molecule has 0 radical (unpaired) electrons. The van der Waals surface area contributed by atoms with Gasteiger partial charge >= 0.3 is 6.03 Å². The Balaban J connectivity index is 1.70. The number of amides is 2. The molecular weight excluding hydrogens is 430 g/mol. The highest BCUT2D eigenvalue weighted by Gasteiger charge is 2.31. The molecule has 0 spiro atoms. The summed E-state index contributed by atoms with van der Waals surface area (Å²) >= 11 is 6.64. The maximum Gasteiger partial charge on any atom is 0.326 e. The molecule has 170 valence electrons. The van der Waals surface area contributed by atoms with Crippen LogP contribution >= 0.6 is 11.6 Å². The number of piperidine rings is 1. The fraction of sp³-hybridized carbons (Fsp3) is 0.321. The van der Waals surface area contributed by atoms with Gasteiger partial charge in [0.2, 0.25) is 0 Å². The first-order valence-electron chi connectivity index (χ1n) is 11.8. The number of fused-ring (bicyclic) bond motifs is 1. The van der Waals surface area contributed by atoms with Crippen molar-refractivity contribution >= 4 is 29.0 Å². The molecule has 1 saturated heterocycles. The minimum Gasteiger partial charge on any atom is -0.333 e. The molecule has 2 heterocycles. The van der Waals surface area contributed by atoms with E-state index in [-0.39, 0.29) is 6.03 Å². The van der Waals surface area contributed by atoms with Crippen LogP contribution in [0.25, 0.3) is 11.1 Å². The Bertz CT molecular complexity index is 1180. The summed E-state index contributed by atoms with van der Waals surface area (Å²) in [6.45, 7) is 6.81. The SMILES string of the molecule is Cc1ccccc1-c1cc(CC2CCNCC2)cc2c1CNC(=O)N2c1c(C)cccc1Cl. The predicted molar refractivity (Wildman–Crippen MR) is 136 cm³/mol. The topological polar surface area (TPSA) is 44.4 Å². The fourth-order valence-electron chi connectivity index (χ4n) is 5.23. The van der Waals surface area contributed by atoms with Crippen LogP contribution < -0.4 is 15.5 Å². The van der Waals surface area contributed by atoms with Gasteiger partial charge in [0.25, 0.3) is 0 Å². The average molecular weight is 460 g/mol. The normalized spacial score (nSPS) is 16.5. The number of para-hydroxylation sites is 1. The zero-order chi connectivity index (χ0) is 22.9. The second-order valence-corrected chi connectivity index (χ2v) is 9.66. The molecule has 0 bridgehead atoms. The van der Waals surface area contributed by atoms with E-state index in [2.05, 4.69) is 54.0 Å². The van der Waals surface area contributed by atoms with Crippen molar-refractivity contribution in [2.75, 3.05) is 18.0 Å². The highest BCUT2D eigenvalue weighted by molar-refractivity contribution is 6.34. The van der Waals surface area contributed by atoms with Crippen LogP contribution in [0, 0.1) is 19.8 Å². The maximum atomic E-state index is 13.2. The summed E-state index contributed by atoms with van der Waals surface area (Å²) in [5.41, 5.74) is 8.74. The number of benzene rings is 3. The van der Waals surface area contributed by atoms with Crippen molar-refractivity contribution in [2.45, 2.75) is 39.7 Å². The third-order valence-corrected chi connectivity index (χ3v) is 7.28. The first kappa shape index (κ1) is 22.0. The van der Waals surface area contributed by atoms with Gasteiger partial charge in [0.1, 0.15) is 0 Å². The number of hydrogen-bond acceptors (Lipinski definition) is 2. The summed E-state index contributed by atoms with van der Waals surface area (Å²) in [5, 5.41) is 7.14. The zero-order valence-electron chi connectivity index (χ0n) is 19.2. The lowest BCUT2D eigenvalue weighted by molar-refractivity contribution is 0.247. The third-order valence-electron chi connectivity index (χ3n) is 6.98. The van der Waals surface area contributed by atoms with E-state index in [1.165, 1.54) is 35.1 Å². The number of urea groups is 1. The molecule has 3 aromatic rings. The van der Waals surface area contributed by atoms with E-state index < -0.39 is 0 Å². The van der Waals surface area contributed by atoms with E-state index in [1.54, 1.807) is 4.90 Å². The Morgan fingerprint density at radius 1 is 0.970 bits per heavy atom. The van der Waals surface area contributed by atoms with Crippen molar-refractivity contribution in [1.29, 1.82) is 0 Å². The summed E-state index contributed by atoms with van der Waals surface area (Å²) in [4.78, 5) is 15.0. The van der Waals surface area contributed by atoms with Crippen LogP contribution in [0.3, 0.4) is 0 Å². The van der Waals surface area contributed by atoms with Gasteiger partial charge in [-0.3, -0.25) is 4.90 Å². The molecule has 3 aromatic carbocycles. The van der Waals surface area contributed by atoms with Gasteiger partial charge in [-0.25, -0.2) is 4.79 Å². The third kappa shape index (κ3) is 4.25. The highest BCUT2D eigenvalue weighted by Crippen LogP contribution is 2.43. The van der Waals surface area contributed by atoms with Crippen LogP contribution in [0.5, 0.6) is 0 Å². The molecule has 4 nitrogen and oxygen atoms in total. The van der Waals surface area contributed by atoms with Crippen molar-refractivity contribution in [2.24, 2.45) is 5.92 Å². The summed E-state index contributed by atoms with van der Waals surface area (Å²) in [6, 6.07) is 18.7. The molecule has 0 unspecified atom stereocenters. The van der Waals surface area contributed by atoms with E-state index in [4.69, 9.17) is 11.6 Å². The van der Waals surface area contributed by atoms with Gasteiger partial charge in [0, 0.05) is 12.1 Å². The monoisotopic (exact) mass is 459 g/mol. The first-order chi connectivity index (χ1) is 16.0. The maximum absolute atomic E-state index is 13.2. The molecule has 0 aromatic heterocycles. The molecule has 0 aliphatic carbocycles. The molecule has 2 aliphatic rings. The van der Waals surface area contributed by atoms with Crippen molar-refractivity contribution in [1.82, 2.24) is 10.6 Å². The summed E-state index contributed by atoms with van der Waals surface area (Å²) in [6.07, 6.45) is 3.39. The Labute approximate surface area is 201 Å². The van der Waals surface area contributed by atoms with Crippen LogP contribution in [0.2, 0.25) is 5.02 Å². The molecule has 1 fully saturated rings. The van der Waals surface area contributed by atoms with Crippen LogP contribution in [-0.2, 0) is 13.0 Å². The lowest BCUT2D eigenvalue weighted by Crippen LogP contribution is -2.42. The second-order valence-electron chi connectivity index (χ2n) is 9.25. The van der Waals surface area contributed by atoms with E-state index in [9.17, 15) is 4.79 Å². The van der Waals surface area contributed by atoms with Gasteiger partial charge in [-0.2, -0.15) is 0 Å². The number of hydrogen-bond donors (Lipinski definition) is 2. The van der Waals surface area contributed by atoms with Crippen LogP contribution in [0.15, 0.2) is 54.6 Å². The van der Waals surface area contributed by atoms with Crippen LogP contribution in [0.4, 0.5) is 16.2 Å². The van der Waals surface area contributed by atoms with Crippen molar-refractivity contribution in [3.63, 3.8) is 0 Å². The highest BCUT2D eigenvalue weighted by atomic mass is 35.5. The lowest BCUT2D eigenvalue weighted by atomic mass is 9.86. The number of rotatable bonds is 4. The number of nitrogens with one attached hydrogen (secondary N) is 2. The largest absolute Gasteiger partial charge is 0.333 e. The number of halogens is 1. The Morgan fingerprint density at radius 2 is 1.73 bits per heavy atom. The minimum absolute atomic E-state index is 0.131. The molecule has 2 N–H and O–H groups in total. The number of carbonyl (C=O) groups excluding carboxylic acids is 1. The van der Waals surface area contributed by atoms with Gasteiger partial charge in [-0.05, 0) is 92.1 Å². The van der Waals surface area contributed by atoms with Crippen LogP contribution in [-0.4, -0.2) is 19.1 Å². The fourth-order valence-corrected chi connectivity index (χ4v) is 5.54. The second kappa shape index (κ2) is 9.20. The molecule has 2 aliphatic heterocycles. The number of anilines is 2. The van der Waals surface area contributed by atoms with Crippen molar-refractivity contribution in [3.05, 3.63) is 81.9 Å².